The highest BCUT2D eigenvalue weighted by Crippen LogP contribution is 2.03. The van der Waals surface area contributed by atoms with E-state index in [0.29, 0.717) is 0 Å². The SMILES string of the molecule is CCC(Br)C(=O)NCCSC. The number of thioether (sulfide) groups is 1. The second kappa shape index (κ2) is 6.98. The molecule has 1 amide bonds. The molecule has 0 aliphatic carbocycles. The van der Waals surface area contributed by atoms with Crippen LogP contribution in [0.1, 0.15) is 13.3 Å². The number of hydrogen-bond donors (Lipinski definition) is 1. The van der Waals surface area contributed by atoms with E-state index < -0.39 is 0 Å². The van der Waals surface area contributed by atoms with Crippen molar-refractivity contribution in [3.05, 3.63) is 0 Å². The third-order valence-corrected chi connectivity index (χ3v) is 2.92. The van der Waals surface area contributed by atoms with Gasteiger partial charge in [-0.3, -0.25) is 4.79 Å². The molecule has 2 nitrogen and oxygen atoms in total. The van der Waals surface area contributed by atoms with E-state index in [4.69, 9.17) is 0 Å². The van der Waals surface area contributed by atoms with E-state index in [1.54, 1.807) is 11.8 Å². The van der Waals surface area contributed by atoms with Gasteiger partial charge in [-0.25, -0.2) is 0 Å². The zero-order valence-corrected chi connectivity index (χ0v) is 9.30. The predicted octanol–water partition coefficient (Wildman–Crippen LogP) is 1.64. The van der Waals surface area contributed by atoms with Crippen LogP contribution in [0.15, 0.2) is 0 Å². The number of carbonyl (C=O) groups is 1. The number of nitrogens with one attached hydrogen (secondary N) is 1. The van der Waals surface area contributed by atoms with Crippen LogP contribution < -0.4 is 5.32 Å². The summed E-state index contributed by atoms with van der Waals surface area (Å²) in [6, 6.07) is 0. The molecule has 1 unspecified atom stereocenters. The first-order valence-corrected chi connectivity index (χ1v) is 5.94. The van der Waals surface area contributed by atoms with Crippen LogP contribution in [-0.4, -0.2) is 29.3 Å². The molecule has 11 heavy (non-hydrogen) atoms. The van der Waals surface area contributed by atoms with Crippen LogP contribution in [0.4, 0.5) is 0 Å². The van der Waals surface area contributed by atoms with Crippen LogP contribution in [0.25, 0.3) is 0 Å². The third kappa shape index (κ3) is 5.56. The zero-order valence-electron chi connectivity index (χ0n) is 6.89. The fourth-order valence-corrected chi connectivity index (χ4v) is 1.04. The van der Waals surface area contributed by atoms with Crippen LogP contribution in [0.2, 0.25) is 0 Å². The zero-order chi connectivity index (χ0) is 8.69. The molecule has 4 heteroatoms. The topological polar surface area (TPSA) is 29.1 Å². The minimum absolute atomic E-state index is 0.0237. The summed E-state index contributed by atoms with van der Waals surface area (Å²) in [6.45, 7) is 2.75. The molecule has 0 heterocycles. The van der Waals surface area contributed by atoms with Crippen molar-refractivity contribution in [3.63, 3.8) is 0 Å². The monoisotopic (exact) mass is 239 g/mol. The van der Waals surface area contributed by atoms with E-state index in [1.165, 1.54) is 0 Å². The van der Waals surface area contributed by atoms with Gasteiger partial charge in [0.25, 0.3) is 0 Å². The number of carbonyl (C=O) groups excluding carboxylic acids is 1. The lowest BCUT2D eigenvalue weighted by Crippen LogP contribution is -2.32. The highest BCUT2D eigenvalue weighted by atomic mass is 79.9. The van der Waals surface area contributed by atoms with Gasteiger partial charge < -0.3 is 5.32 Å². The van der Waals surface area contributed by atoms with E-state index >= 15 is 0 Å². The minimum Gasteiger partial charge on any atom is -0.354 e. The highest BCUT2D eigenvalue weighted by Gasteiger charge is 2.10. The van der Waals surface area contributed by atoms with Crippen molar-refractivity contribution < 1.29 is 4.79 Å². The summed E-state index contributed by atoms with van der Waals surface area (Å²) in [6.07, 6.45) is 2.86. The number of halogens is 1. The van der Waals surface area contributed by atoms with Crippen molar-refractivity contribution in [3.8, 4) is 0 Å². The molecule has 0 aliphatic rings. The van der Waals surface area contributed by atoms with Gasteiger partial charge in [0.15, 0.2) is 0 Å². The van der Waals surface area contributed by atoms with Gasteiger partial charge in [-0.1, -0.05) is 22.9 Å². The fraction of sp³-hybridized carbons (Fsp3) is 0.857. The van der Waals surface area contributed by atoms with Crippen molar-refractivity contribution in [2.75, 3.05) is 18.6 Å². The van der Waals surface area contributed by atoms with Gasteiger partial charge >= 0.3 is 0 Å². The second-order valence-electron chi connectivity index (χ2n) is 2.16. The average Bonchev–Trinajstić information content (AvgIpc) is 2.03. The molecule has 66 valence electrons. The summed E-state index contributed by atoms with van der Waals surface area (Å²) >= 11 is 5.01. The first-order chi connectivity index (χ1) is 5.22. The maximum Gasteiger partial charge on any atom is 0.233 e. The molecule has 0 aliphatic heterocycles. The number of rotatable bonds is 5. The second-order valence-corrected chi connectivity index (χ2v) is 4.25. The number of alkyl halides is 1. The molecule has 0 saturated heterocycles. The van der Waals surface area contributed by atoms with Crippen molar-refractivity contribution in [1.82, 2.24) is 5.32 Å². The molecule has 0 aromatic carbocycles. The summed E-state index contributed by atoms with van der Waals surface area (Å²) < 4.78 is 0. The molecule has 0 saturated carbocycles. The van der Waals surface area contributed by atoms with Gasteiger partial charge in [-0.05, 0) is 12.7 Å². The van der Waals surface area contributed by atoms with Gasteiger partial charge in [-0.15, -0.1) is 0 Å². The Morgan fingerprint density at radius 2 is 2.36 bits per heavy atom. The van der Waals surface area contributed by atoms with E-state index in [9.17, 15) is 4.79 Å². The highest BCUT2D eigenvalue weighted by molar-refractivity contribution is 9.10. The molecule has 1 atom stereocenters. The first-order valence-electron chi connectivity index (χ1n) is 3.63. The summed E-state index contributed by atoms with van der Waals surface area (Å²) in [7, 11) is 0. The van der Waals surface area contributed by atoms with Gasteiger partial charge in [0, 0.05) is 12.3 Å². The van der Waals surface area contributed by atoms with Crippen molar-refractivity contribution in [1.29, 1.82) is 0 Å². The van der Waals surface area contributed by atoms with Crippen molar-refractivity contribution >= 4 is 33.6 Å². The van der Waals surface area contributed by atoms with Gasteiger partial charge in [0.2, 0.25) is 5.91 Å². The molecular weight excluding hydrogens is 226 g/mol. The van der Waals surface area contributed by atoms with Gasteiger partial charge in [0.1, 0.15) is 0 Å². The Morgan fingerprint density at radius 1 is 1.73 bits per heavy atom. The van der Waals surface area contributed by atoms with Crippen LogP contribution in [0.5, 0.6) is 0 Å². The lowest BCUT2D eigenvalue weighted by atomic mass is 10.3. The molecule has 0 aromatic rings. The number of amides is 1. The smallest absolute Gasteiger partial charge is 0.233 e. The van der Waals surface area contributed by atoms with E-state index in [1.807, 2.05) is 13.2 Å². The molecule has 0 radical (unpaired) electrons. The predicted molar refractivity (Wildman–Crippen MR) is 54.4 cm³/mol. The fourth-order valence-electron chi connectivity index (χ4n) is 0.572. The van der Waals surface area contributed by atoms with E-state index in [-0.39, 0.29) is 10.7 Å². The van der Waals surface area contributed by atoms with Crippen LogP contribution >= 0.6 is 27.7 Å². The van der Waals surface area contributed by atoms with Crippen LogP contribution in [0, 0.1) is 0 Å². The van der Waals surface area contributed by atoms with Gasteiger partial charge in [-0.2, -0.15) is 11.8 Å². The molecular formula is C7H14BrNOS. The third-order valence-electron chi connectivity index (χ3n) is 1.25. The van der Waals surface area contributed by atoms with Crippen molar-refractivity contribution in [2.24, 2.45) is 0 Å². The van der Waals surface area contributed by atoms with Crippen LogP contribution in [0.3, 0.4) is 0 Å². The van der Waals surface area contributed by atoms with Gasteiger partial charge in [0.05, 0.1) is 4.83 Å². The summed E-state index contributed by atoms with van der Waals surface area (Å²) in [5.41, 5.74) is 0. The molecule has 0 rings (SSSR count). The lowest BCUT2D eigenvalue weighted by molar-refractivity contribution is -0.120. The average molecular weight is 240 g/mol. The molecule has 0 spiro atoms. The largest absolute Gasteiger partial charge is 0.354 e. The Hall–Kier alpha value is 0.300. The maximum absolute atomic E-state index is 11.1. The molecule has 0 aromatic heterocycles. The number of hydrogen-bond acceptors (Lipinski definition) is 2. The Kier molecular flexibility index (Phi) is 7.17. The van der Waals surface area contributed by atoms with E-state index in [2.05, 4.69) is 21.2 Å². The standard InChI is InChI=1S/C7H14BrNOS/c1-3-6(8)7(10)9-4-5-11-2/h6H,3-5H2,1-2H3,(H,9,10). The summed E-state index contributed by atoms with van der Waals surface area (Å²) in [5.74, 6) is 1.08. The lowest BCUT2D eigenvalue weighted by Gasteiger charge is -2.06. The summed E-state index contributed by atoms with van der Waals surface area (Å²) in [4.78, 5) is 11.1. The normalized spacial score (nSPS) is 12.6. The first kappa shape index (κ1) is 11.3. The minimum atomic E-state index is -0.0237. The van der Waals surface area contributed by atoms with Crippen LogP contribution in [-0.2, 0) is 4.79 Å². The Labute approximate surface area is 80.6 Å². The van der Waals surface area contributed by atoms with Crippen molar-refractivity contribution in [2.45, 2.75) is 18.2 Å². The maximum atomic E-state index is 11.1. The molecule has 0 fully saturated rings. The summed E-state index contributed by atoms with van der Waals surface area (Å²) in [5, 5.41) is 2.83. The Morgan fingerprint density at radius 3 is 2.82 bits per heavy atom. The molecule has 0 bridgehead atoms. The molecule has 1 N–H and O–H groups in total. The Balaban J connectivity index is 3.36. The van der Waals surface area contributed by atoms with E-state index in [0.717, 1.165) is 18.7 Å². The Bertz CT molecular complexity index is 121. The quantitative estimate of drug-likeness (QED) is 0.584.